The number of rotatable bonds is 9. The van der Waals surface area contributed by atoms with Crippen LogP contribution in [0.5, 0.6) is 0 Å². The molecule has 0 bridgehead atoms. The Labute approximate surface area is 172 Å². The van der Waals surface area contributed by atoms with Gasteiger partial charge in [0, 0.05) is 18.1 Å². The molecule has 1 unspecified atom stereocenters. The van der Waals surface area contributed by atoms with E-state index in [9.17, 15) is 9.59 Å². The number of nitrogens with zero attached hydrogens (tertiary/aromatic N) is 1. The highest BCUT2D eigenvalue weighted by molar-refractivity contribution is 6.31. The Morgan fingerprint density at radius 3 is 2.43 bits per heavy atom. The summed E-state index contributed by atoms with van der Waals surface area (Å²) in [6.45, 7) is 6.88. The van der Waals surface area contributed by atoms with Crippen molar-refractivity contribution < 1.29 is 9.59 Å². The highest BCUT2D eigenvalue weighted by atomic mass is 35.5. The number of hydrogen-bond acceptors (Lipinski definition) is 2. The Morgan fingerprint density at radius 1 is 1.11 bits per heavy atom. The van der Waals surface area contributed by atoms with E-state index < -0.39 is 6.04 Å². The highest BCUT2D eigenvalue weighted by Crippen LogP contribution is 2.18. The number of aryl methyl sites for hydroxylation is 1. The van der Waals surface area contributed by atoms with E-state index in [1.807, 2.05) is 49.4 Å². The van der Waals surface area contributed by atoms with Gasteiger partial charge in [-0.1, -0.05) is 73.0 Å². The van der Waals surface area contributed by atoms with Crippen LogP contribution in [0, 0.1) is 6.92 Å². The van der Waals surface area contributed by atoms with Gasteiger partial charge in [0.25, 0.3) is 0 Å². The molecule has 4 nitrogen and oxygen atoms in total. The van der Waals surface area contributed by atoms with Crippen molar-refractivity contribution in [2.75, 3.05) is 6.54 Å². The van der Waals surface area contributed by atoms with E-state index in [0.717, 1.165) is 29.5 Å². The number of carbonyl (C=O) groups excluding carboxylic acids is 2. The van der Waals surface area contributed by atoms with Gasteiger partial charge in [0.2, 0.25) is 11.8 Å². The van der Waals surface area contributed by atoms with Gasteiger partial charge < -0.3 is 10.2 Å². The Balaban J connectivity index is 2.18. The molecule has 0 aliphatic carbocycles. The predicted octanol–water partition coefficient (Wildman–Crippen LogP) is 4.52. The quantitative estimate of drug-likeness (QED) is 0.629. The maximum Gasteiger partial charge on any atom is 0.242 e. The summed E-state index contributed by atoms with van der Waals surface area (Å²) >= 11 is 6.23. The Kier molecular flexibility index (Phi) is 8.52. The first-order valence-corrected chi connectivity index (χ1v) is 10.2. The minimum atomic E-state index is -0.562. The Morgan fingerprint density at radius 2 is 1.79 bits per heavy atom. The molecule has 0 aliphatic heterocycles. The highest BCUT2D eigenvalue weighted by Gasteiger charge is 2.26. The molecule has 0 saturated carbocycles. The van der Waals surface area contributed by atoms with E-state index in [2.05, 4.69) is 12.2 Å². The minimum absolute atomic E-state index is 0.119. The lowest BCUT2D eigenvalue weighted by Crippen LogP contribution is -2.48. The average molecular weight is 401 g/mol. The fraction of sp³-hybridized carbons (Fsp3) is 0.391. The van der Waals surface area contributed by atoms with Gasteiger partial charge in [0.05, 0.1) is 6.42 Å². The van der Waals surface area contributed by atoms with E-state index in [0.29, 0.717) is 18.1 Å². The van der Waals surface area contributed by atoms with Crippen molar-refractivity contribution in [3.8, 4) is 0 Å². The molecule has 0 saturated heterocycles. The number of carbonyl (C=O) groups is 2. The maximum atomic E-state index is 13.1. The molecule has 28 heavy (non-hydrogen) atoms. The molecule has 5 heteroatoms. The summed E-state index contributed by atoms with van der Waals surface area (Å²) in [6.07, 6.45) is 2.09. The molecule has 0 aromatic heterocycles. The van der Waals surface area contributed by atoms with Gasteiger partial charge in [-0.15, -0.1) is 0 Å². The van der Waals surface area contributed by atoms with Crippen LogP contribution in [0.1, 0.15) is 43.4 Å². The third-order valence-electron chi connectivity index (χ3n) is 4.77. The van der Waals surface area contributed by atoms with Gasteiger partial charge in [-0.2, -0.15) is 0 Å². The average Bonchev–Trinajstić information content (AvgIpc) is 2.68. The second-order valence-corrected chi connectivity index (χ2v) is 7.50. The zero-order valence-corrected chi connectivity index (χ0v) is 17.6. The maximum absolute atomic E-state index is 13.1. The normalized spacial score (nSPS) is 11.7. The molecule has 2 amide bonds. The molecule has 0 spiro atoms. The van der Waals surface area contributed by atoms with E-state index in [1.54, 1.807) is 17.9 Å². The van der Waals surface area contributed by atoms with Crippen molar-refractivity contribution in [2.24, 2.45) is 0 Å². The van der Waals surface area contributed by atoms with Crippen LogP contribution < -0.4 is 5.32 Å². The van der Waals surface area contributed by atoms with Crippen LogP contribution in [-0.2, 0) is 22.6 Å². The molecule has 0 fully saturated rings. The Bertz CT molecular complexity index is 789. The smallest absolute Gasteiger partial charge is 0.242 e. The molecular formula is C23H29ClN2O2. The van der Waals surface area contributed by atoms with Crippen molar-refractivity contribution >= 4 is 23.4 Å². The predicted molar refractivity (Wildman–Crippen MR) is 114 cm³/mol. The first kappa shape index (κ1) is 22.0. The lowest BCUT2D eigenvalue weighted by molar-refractivity contribution is -0.140. The second-order valence-electron chi connectivity index (χ2n) is 7.10. The molecule has 2 aromatic rings. The number of unbranched alkanes of at least 4 members (excludes halogenated alkanes) is 1. The number of amides is 2. The number of nitrogens with one attached hydrogen (secondary N) is 1. The summed E-state index contributed by atoms with van der Waals surface area (Å²) < 4.78 is 0. The topological polar surface area (TPSA) is 49.4 Å². The van der Waals surface area contributed by atoms with Gasteiger partial charge in [0.15, 0.2) is 0 Å². The lowest BCUT2D eigenvalue weighted by atomic mass is 10.1. The molecule has 2 aromatic carbocycles. The molecule has 0 radical (unpaired) electrons. The summed E-state index contributed by atoms with van der Waals surface area (Å²) in [5, 5.41) is 3.49. The zero-order valence-electron chi connectivity index (χ0n) is 16.9. The first-order valence-electron chi connectivity index (χ1n) is 9.78. The number of hydrogen-bond donors (Lipinski definition) is 1. The van der Waals surface area contributed by atoms with E-state index in [4.69, 9.17) is 11.6 Å². The number of halogens is 1. The minimum Gasteiger partial charge on any atom is -0.354 e. The standard InChI is InChI=1S/C23H29ClN2O2/c1-4-5-14-25-23(28)18(3)26(16-19-12-10-17(2)11-13-19)22(27)15-20-8-6-7-9-21(20)24/h6-13,18H,4-5,14-16H2,1-3H3,(H,25,28). The van der Waals surface area contributed by atoms with Crippen molar-refractivity contribution in [3.63, 3.8) is 0 Å². The van der Waals surface area contributed by atoms with Gasteiger partial charge >= 0.3 is 0 Å². The summed E-state index contributed by atoms with van der Waals surface area (Å²) in [7, 11) is 0. The summed E-state index contributed by atoms with van der Waals surface area (Å²) in [6, 6.07) is 14.8. The van der Waals surface area contributed by atoms with Crippen molar-refractivity contribution in [1.29, 1.82) is 0 Å². The van der Waals surface area contributed by atoms with Crippen LogP contribution in [-0.4, -0.2) is 29.3 Å². The Hall–Kier alpha value is -2.33. The van der Waals surface area contributed by atoms with Crippen LogP contribution >= 0.6 is 11.6 Å². The molecular weight excluding hydrogens is 372 g/mol. The molecule has 2 rings (SSSR count). The molecule has 1 N–H and O–H groups in total. The van der Waals surface area contributed by atoms with Gasteiger partial charge in [0.1, 0.15) is 6.04 Å². The lowest BCUT2D eigenvalue weighted by Gasteiger charge is -2.29. The van der Waals surface area contributed by atoms with Crippen LogP contribution in [0.2, 0.25) is 5.02 Å². The first-order chi connectivity index (χ1) is 13.4. The van der Waals surface area contributed by atoms with Crippen molar-refractivity contribution in [2.45, 2.75) is 52.6 Å². The van der Waals surface area contributed by atoms with Gasteiger partial charge in [-0.3, -0.25) is 9.59 Å². The molecule has 1 atom stereocenters. The number of benzene rings is 2. The SMILES string of the molecule is CCCCNC(=O)C(C)N(Cc1ccc(C)cc1)C(=O)Cc1ccccc1Cl. The fourth-order valence-electron chi connectivity index (χ4n) is 2.92. The third-order valence-corrected chi connectivity index (χ3v) is 5.14. The van der Waals surface area contributed by atoms with Crippen molar-refractivity contribution in [3.05, 3.63) is 70.2 Å². The van der Waals surface area contributed by atoms with Crippen LogP contribution in [0.25, 0.3) is 0 Å². The van der Waals surface area contributed by atoms with E-state index >= 15 is 0 Å². The fourth-order valence-corrected chi connectivity index (χ4v) is 3.12. The van der Waals surface area contributed by atoms with E-state index in [-0.39, 0.29) is 18.2 Å². The molecule has 0 aliphatic rings. The van der Waals surface area contributed by atoms with Crippen LogP contribution in [0.15, 0.2) is 48.5 Å². The molecule has 150 valence electrons. The van der Waals surface area contributed by atoms with E-state index in [1.165, 1.54) is 0 Å². The molecule has 0 heterocycles. The van der Waals surface area contributed by atoms with Crippen molar-refractivity contribution in [1.82, 2.24) is 10.2 Å². The summed E-state index contributed by atoms with van der Waals surface area (Å²) in [5.74, 6) is -0.250. The van der Waals surface area contributed by atoms with Crippen LogP contribution in [0.4, 0.5) is 0 Å². The monoisotopic (exact) mass is 400 g/mol. The van der Waals surface area contributed by atoms with Gasteiger partial charge in [-0.05, 0) is 37.5 Å². The zero-order chi connectivity index (χ0) is 20.5. The van der Waals surface area contributed by atoms with Crippen LogP contribution in [0.3, 0.4) is 0 Å². The third kappa shape index (κ3) is 6.38. The van der Waals surface area contributed by atoms with Gasteiger partial charge in [-0.25, -0.2) is 0 Å². The summed E-state index contributed by atoms with van der Waals surface area (Å²) in [5.41, 5.74) is 2.91. The largest absolute Gasteiger partial charge is 0.354 e. The second kappa shape index (κ2) is 10.9. The summed E-state index contributed by atoms with van der Waals surface area (Å²) in [4.78, 5) is 27.3.